The number of nitriles is 1. The van der Waals surface area contributed by atoms with Crippen LogP contribution in [0.15, 0.2) is 42.0 Å². The van der Waals surface area contributed by atoms with Gasteiger partial charge in [-0.1, -0.05) is 18.5 Å². The van der Waals surface area contributed by atoms with E-state index < -0.39 is 5.91 Å². The Morgan fingerprint density at radius 1 is 1.33 bits per heavy atom. The second-order valence-electron chi connectivity index (χ2n) is 8.26. The summed E-state index contributed by atoms with van der Waals surface area (Å²) in [6.07, 6.45) is 2.55. The number of carbonyl (C=O) groups excluding carboxylic acids is 1. The van der Waals surface area contributed by atoms with Gasteiger partial charge in [0.15, 0.2) is 0 Å². The lowest BCUT2D eigenvalue weighted by Gasteiger charge is -2.45. The average Bonchev–Trinajstić information content (AvgIpc) is 2.71. The van der Waals surface area contributed by atoms with Gasteiger partial charge >= 0.3 is 0 Å². The van der Waals surface area contributed by atoms with Gasteiger partial charge in [-0.05, 0) is 79.8 Å². The van der Waals surface area contributed by atoms with E-state index in [4.69, 9.17) is 16.3 Å². The van der Waals surface area contributed by atoms with Gasteiger partial charge in [-0.2, -0.15) is 5.26 Å². The van der Waals surface area contributed by atoms with Crippen molar-refractivity contribution in [1.29, 1.82) is 5.26 Å². The van der Waals surface area contributed by atoms with Crippen molar-refractivity contribution in [2.24, 2.45) is 0 Å². The molecule has 3 rings (SSSR count). The Morgan fingerprint density at radius 2 is 2.00 bits per heavy atom. The van der Waals surface area contributed by atoms with E-state index in [9.17, 15) is 10.1 Å². The van der Waals surface area contributed by atoms with E-state index in [-0.39, 0.29) is 11.1 Å². The molecule has 1 unspecified atom stereocenters. The molecule has 1 atom stereocenters. The maximum atomic E-state index is 12.6. The number of rotatable bonds is 4. The van der Waals surface area contributed by atoms with E-state index in [1.54, 1.807) is 37.5 Å². The van der Waals surface area contributed by atoms with Crippen LogP contribution >= 0.6 is 11.6 Å². The van der Waals surface area contributed by atoms with Crippen molar-refractivity contribution in [3.8, 4) is 11.8 Å². The van der Waals surface area contributed by atoms with E-state index in [0.717, 1.165) is 12.1 Å². The number of carbonyl (C=O) groups is 1. The Labute approximate surface area is 182 Å². The van der Waals surface area contributed by atoms with Crippen LogP contribution in [0.4, 0.5) is 11.4 Å². The number of hydrogen-bond acceptors (Lipinski definition) is 4. The minimum atomic E-state index is -0.484. The molecule has 0 fully saturated rings. The highest BCUT2D eigenvalue weighted by molar-refractivity contribution is 6.32. The van der Waals surface area contributed by atoms with Crippen molar-refractivity contribution in [3.05, 3.63) is 58.1 Å². The summed E-state index contributed by atoms with van der Waals surface area (Å²) in [5.41, 5.74) is 3.52. The Kier molecular flexibility index (Phi) is 6.09. The zero-order chi connectivity index (χ0) is 22.1. The number of nitrogens with zero attached hydrogens (tertiary/aromatic N) is 2. The van der Waals surface area contributed by atoms with Crippen molar-refractivity contribution < 1.29 is 9.53 Å². The first-order valence-electron chi connectivity index (χ1n) is 9.80. The Bertz CT molecular complexity index is 1040. The third-order valence-corrected chi connectivity index (χ3v) is 6.09. The van der Waals surface area contributed by atoms with Crippen LogP contribution in [0.5, 0.6) is 5.75 Å². The zero-order valence-electron chi connectivity index (χ0n) is 17.9. The number of anilines is 2. The molecule has 1 heterocycles. The maximum Gasteiger partial charge on any atom is 0.266 e. The third kappa shape index (κ3) is 4.29. The first-order valence-corrected chi connectivity index (χ1v) is 10.2. The summed E-state index contributed by atoms with van der Waals surface area (Å²) in [6, 6.07) is 12.8. The van der Waals surface area contributed by atoms with Crippen molar-refractivity contribution in [3.63, 3.8) is 0 Å². The van der Waals surface area contributed by atoms with Gasteiger partial charge in [0.2, 0.25) is 0 Å². The molecular formula is C24H26ClN3O2. The van der Waals surface area contributed by atoms with Crippen molar-refractivity contribution >= 4 is 35.0 Å². The van der Waals surface area contributed by atoms with E-state index in [1.165, 1.54) is 5.56 Å². The van der Waals surface area contributed by atoms with Crippen molar-refractivity contribution in [2.75, 3.05) is 24.4 Å². The first kappa shape index (κ1) is 21.7. The standard InChI is InChI=1S/C24H26ClN3O2/c1-15-13-24(2,3)28(4)22-12-21(25)16(11-20(15)22)10-17(14-26)23(29)27-18-6-8-19(30-5)9-7-18/h6-12,15H,13H2,1-5H3,(H,27,29)/b17-10-. The predicted molar refractivity (Wildman–Crippen MR) is 122 cm³/mol. The van der Waals surface area contributed by atoms with Crippen molar-refractivity contribution in [2.45, 2.75) is 38.6 Å². The zero-order valence-corrected chi connectivity index (χ0v) is 18.7. The summed E-state index contributed by atoms with van der Waals surface area (Å²) in [5.74, 6) is 0.546. The Balaban J connectivity index is 1.91. The molecule has 0 bridgehead atoms. The SMILES string of the molecule is COc1ccc(NC(=O)/C(C#N)=C\c2cc3c(cc2Cl)N(C)C(C)(C)CC3C)cc1. The second kappa shape index (κ2) is 8.41. The fraction of sp³-hybridized carbons (Fsp3) is 0.333. The Morgan fingerprint density at radius 3 is 2.60 bits per heavy atom. The molecule has 6 heteroatoms. The number of ether oxygens (including phenoxy) is 1. The number of amides is 1. The molecule has 1 N–H and O–H groups in total. The first-order chi connectivity index (χ1) is 14.2. The average molecular weight is 424 g/mol. The van der Waals surface area contributed by atoms with Crippen LogP contribution in [-0.2, 0) is 4.79 Å². The van der Waals surface area contributed by atoms with Crippen LogP contribution in [0.1, 0.15) is 44.2 Å². The summed E-state index contributed by atoms with van der Waals surface area (Å²) >= 11 is 6.54. The molecule has 0 saturated heterocycles. The van der Waals surface area contributed by atoms with Crippen LogP contribution in [0.2, 0.25) is 5.02 Å². The number of halogens is 1. The van der Waals surface area contributed by atoms with Gasteiger partial charge in [0.25, 0.3) is 5.91 Å². The number of fused-ring (bicyclic) bond motifs is 1. The maximum absolute atomic E-state index is 12.6. The lowest BCUT2D eigenvalue weighted by Crippen LogP contribution is -2.45. The third-order valence-electron chi connectivity index (χ3n) is 5.76. The van der Waals surface area contributed by atoms with Crippen LogP contribution in [0.3, 0.4) is 0 Å². The highest BCUT2D eigenvalue weighted by Crippen LogP contribution is 2.44. The largest absolute Gasteiger partial charge is 0.497 e. The minimum Gasteiger partial charge on any atom is -0.497 e. The molecule has 30 heavy (non-hydrogen) atoms. The van der Waals surface area contributed by atoms with Gasteiger partial charge in [-0.15, -0.1) is 0 Å². The lowest BCUT2D eigenvalue weighted by molar-refractivity contribution is -0.112. The van der Waals surface area contributed by atoms with Crippen LogP contribution in [0, 0.1) is 11.3 Å². The van der Waals surface area contributed by atoms with Crippen molar-refractivity contribution in [1.82, 2.24) is 0 Å². The van der Waals surface area contributed by atoms with E-state index in [1.807, 2.05) is 18.2 Å². The van der Waals surface area contributed by atoms with Gasteiger partial charge in [0, 0.05) is 29.0 Å². The monoisotopic (exact) mass is 423 g/mol. The molecule has 1 aliphatic rings. The summed E-state index contributed by atoms with van der Waals surface area (Å²) < 4.78 is 5.11. The quantitative estimate of drug-likeness (QED) is 0.512. The van der Waals surface area contributed by atoms with E-state index in [0.29, 0.717) is 27.9 Å². The summed E-state index contributed by atoms with van der Waals surface area (Å²) in [5, 5.41) is 12.8. The van der Waals surface area contributed by atoms with Gasteiger partial charge in [0.05, 0.1) is 7.11 Å². The highest BCUT2D eigenvalue weighted by atomic mass is 35.5. The van der Waals surface area contributed by atoms with Gasteiger partial charge < -0.3 is 15.0 Å². The second-order valence-corrected chi connectivity index (χ2v) is 8.67. The fourth-order valence-electron chi connectivity index (χ4n) is 3.89. The Hall–Kier alpha value is -2.97. The normalized spacial score (nSPS) is 17.7. The predicted octanol–water partition coefficient (Wildman–Crippen LogP) is 5.62. The number of hydrogen-bond donors (Lipinski definition) is 1. The summed E-state index contributed by atoms with van der Waals surface area (Å²) in [7, 11) is 3.64. The van der Waals surface area contributed by atoms with Gasteiger partial charge in [0.1, 0.15) is 17.4 Å². The molecule has 0 saturated carbocycles. The minimum absolute atomic E-state index is 0.00943. The lowest BCUT2D eigenvalue weighted by atomic mass is 9.80. The van der Waals surface area contributed by atoms with Gasteiger partial charge in [-0.3, -0.25) is 4.79 Å². The topological polar surface area (TPSA) is 65.4 Å². The van der Waals surface area contributed by atoms with E-state index >= 15 is 0 Å². The smallest absolute Gasteiger partial charge is 0.266 e. The molecule has 156 valence electrons. The molecule has 1 amide bonds. The summed E-state index contributed by atoms with van der Waals surface area (Å²) in [6.45, 7) is 6.62. The fourth-order valence-corrected chi connectivity index (χ4v) is 4.10. The van der Waals surface area contributed by atoms with Crippen LogP contribution in [-0.4, -0.2) is 25.6 Å². The molecule has 0 aliphatic carbocycles. The number of benzene rings is 2. The molecule has 0 radical (unpaired) electrons. The molecule has 5 nitrogen and oxygen atoms in total. The van der Waals surface area contributed by atoms with Crippen LogP contribution < -0.4 is 15.0 Å². The molecule has 0 spiro atoms. The summed E-state index contributed by atoms with van der Waals surface area (Å²) in [4.78, 5) is 14.9. The van der Waals surface area contributed by atoms with Gasteiger partial charge in [-0.25, -0.2) is 0 Å². The molecule has 1 aliphatic heterocycles. The highest BCUT2D eigenvalue weighted by Gasteiger charge is 2.34. The molecule has 2 aromatic rings. The molecular weight excluding hydrogens is 398 g/mol. The number of methoxy groups -OCH3 is 1. The van der Waals surface area contributed by atoms with E-state index in [2.05, 4.69) is 38.0 Å². The number of nitrogens with one attached hydrogen (secondary N) is 1. The molecule has 0 aromatic heterocycles. The van der Waals surface area contributed by atoms with Crippen LogP contribution in [0.25, 0.3) is 6.08 Å². The molecule has 2 aromatic carbocycles.